The summed E-state index contributed by atoms with van der Waals surface area (Å²) in [5.41, 5.74) is 0.453. The summed E-state index contributed by atoms with van der Waals surface area (Å²) in [5, 5.41) is -0.239. The van der Waals surface area contributed by atoms with Gasteiger partial charge in [0, 0.05) is 0 Å². The number of carbonyl (C=O) groups is 1. The summed E-state index contributed by atoms with van der Waals surface area (Å²) in [5.74, 6) is 0.774. The molecule has 0 aliphatic rings. The van der Waals surface area contributed by atoms with E-state index >= 15 is 0 Å². The molecule has 78 valence electrons. The molecule has 1 rings (SSSR count). The lowest BCUT2D eigenvalue weighted by molar-refractivity contribution is 0.0524. The third-order valence-corrected chi connectivity index (χ3v) is 2.04. The molecule has 4 heteroatoms. The second-order valence-electron chi connectivity index (χ2n) is 2.96. The quantitative estimate of drug-likeness (QED) is 0.576. The van der Waals surface area contributed by atoms with Crippen molar-refractivity contribution in [1.29, 1.82) is 0 Å². The predicted octanol–water partition coefficient (Wildman–Crippen LogP) is 3.06. The molecule has 0 saturated heterocycles. The van der Waals surface area contributed by atoms with E-state index in [-0.39, 0.29) is 11.3 Å². The van der Waals surface area contributed by atoms with E-state index in [0.717, 1.165) is 0 Å². The molecular formula is C10H13ClO3. The van der Waals surface area contributed by atoms with E-state index < -0.39 is 0 Å². The average molecular weight is 217 g/mol. The number of carbonyl (C=O) groups excluding carboxylic acids is 1. The second-order valence-corrected chi connectivity index (χ2v) is 3.61. The topological polar surface area (TPSA) is 39.4 Å². The Morgan fingerprint density at radius 2 is 2.36 bits per heavy atom. The summed E-state index contributed by atoms with van der Waals surface area (Å²) in [4.78, 5) is 11.4. The fourth-order valence-electron chi connectivity index (χ4n) is 1.11. The fourth-order valence-corrected chi connectivity index (χ4v) is 1.22. The van der Waals surface area contributed by atoms with Crippen molar-refractivity contribution < 1.29 is 13.9 Å². The highest BCUT2D eigenvalue weighted by atomic mass is 35.5. The van der Waals surface area contributed by atoms with Crippen LogP contribution in [0.25, 0.3) is 0 Å². The van der Waals surface area contributed by atoms with Crippen molar-refractivity contribution in [1.82, 2.24) is 0 Å². The summed E-state index contributed by atoms with van der Waals surface area (Å²) < 4.78 is 10.2. The van der Waals surface area contributed by atoms with Gasteiger partial charge in [0.2, 0.25) is 0 Å². The number of alkyl halides is 1. The lowest BCUT2D eigenvalue weighted by atomic mass is 10.2. The maximum Gasteiger partial charge on any atom is 0.341 e. The molecule has 0 radical (unpaired) electrons. The number of ether oxygens (including phenoxy) is 1. The monoisotopic (exact) mass is 216 g/mol. The van der Waals surface area contributed by atoms with Gasteiger partial charge in [-0.1, -0.05) is 0 Å². The van der Waals surface area contributed by atoms with E-state index in [2.05, 4.69) is 0 Å². The Balaban J connectivity index is 2.92. The van der Waals surface area contributed by atoms with E-state index in [4.69, 9.17) is 20.8 Å². The number of halogens is 1. The van der Waals surface area contributed by atoms with Crippen LogP contribution in [0, 0.1) is 6.92 Å². The Kier molecular flexibility index (Phi) is 3.58. The molecule has 0 spiro atoms. The molecule has 1 aromatic heterocycles. The second kappa shape index (κ2) is 4.51. The smallest absolute Gasteiger partial charge is 0.341 e. The Labute approximate surface area is 88.0 Å². The minimum Gasteiger partial charge on any atom is -0.464 e. The zero-order valence-corrected chi connectivity index (χ0v) is 9.22. The van der Waals surface area contributed by atoms with Crippen LogP contribution in [0.2, 0.25) is 0 Å². The van der Waals surface area contributed by atoms with Crippen LogP contribution in [0.15, 0.2) is 10.5 Å². The number of hydrogen-bond donors (Lipinski definition) is 0. The van der Waals surface area contributed by atoms with Gasteiger partial charge in [-0.2, -0.15) is 0 Å². The maximum absolute atomic E-state index is 11.4. The molecular weight excluding hydrogens is 204 g/mol. The van der Waals surface area contributed by atoms with Crippen molar-refractivity contribution in [2.45, 2.75) is 26.1 Å². The number of hydrogen-bond acceptors (Lipinski definition) is 3. The van der Waals surface area contributed by atoms with Gasteiger partial charge in [-0.3, -0.25) is 0 Å². The molecule has 1 unspecified atom stereocenters. The summed E-state index contributed by atoms with van der Waals surface area (Å²) in [7, 11) is 0. The lowest BCUT2D eigenvalue weighted by Crippen LogP contribution is -2.04. The van der Waals surface area contributed by atoms with Gasteiger partial charge in [0.05, 0.1) is 12.0 Å². The third kappa shape index (κ3) is 2.29. The first kappa shape index (κ1) is 11.1. The molecule has 0 amide bonds. The fraction of sp³-hybridized carbons (Fsp3) is 0.500. The number of rotatable bonds is 3. The molecule has 14 heavy (non-hydrogen) atoms. The van der Waals surface area contributed by atoms with E-state index in [9.17, 15) is 4.79 Å². The highest BCUT2D eigenvalue weighted by molar-refractivity contribution is 6.20. The van der Waals surface area contributed by atoms with Crippen LogP contribution >= 0.6 is 11.6 Å². The van der Waals surface area contributed by atoms with Gasteiger partial charge in [-0.25, -0.2) is 4.79 Å². The molecule has 1 aromatic rings. The zero-order chi connectivity index (χ0) is 10.7. The van der Waals surface area contributed by atoms with Crippen LogP contribution in [0.5, 0.6) is 0 Å². The molecule has 0 aliphatic carbocycles. The van der Waals surface area contributed by atoms with Crippen LogP contribution in [0.4, 0.5) is 0 Å². The van der Waals surface area contributed by atoms with Crippen LogP contribution < -0.4 is 0 Å². The van der Waals surface area contributed by atoms with Crippen molar-refractivity contribution in [3.63, 3.8) is 0 Å². The normalized spacial score (nSPS) is 12.6. The van der Waals surface area contributed by atoms with E-state index in [1.807, 2.05) is 0 Å². The van der Waals surface area contributed by atoms with Crippen LogP contribution in [-0.2, 0) is 4.74 Å². The molecule has 0 saturated carbocycles. The van der Waals surface area contributed by atoms with E-state index in [1.54, 1.807) is 26.8 Å². The average Bonchev–Trinajstić information content (AvgIpc) is 2.48. The van der Waals surface area contributed by atoms with Gasteiger partial charge in [0.25, 0.3) is 0 Å². The highest BCUT2D eigenvalue weighted by Crippen LogP contribution is 2.25. The standard InChI is InChI=1S/C10H13ClO3/c1-4-13-10(12)8-5-9(6(2)11)14-7(8)3/h5-6H,4H2,1-3H3. The zero-order valence-electron chi connectivity index (χ0n) is 8.46. The van der Waals surface area contributed by atoms with Crippen LogP contribution in [-0.4, -0.2) is 12.6 Å². The number of esters is 1. The summed E-state index contributed by atoms with van der Waals surface area (Å²) in [6, 6.07) is 1.63. The highest BCUT2D eigenvalue weighted by Gasteiger charge is 2.17. The number of aryl methyl sites for hydroxylation is 1. The Morgan fingerprint density at radius 1 is 1.71 bits per heavy atom. The SMILES string of the molecule is CCOC(=O)c1cc(C(C)Cl)oc1C. The molecule has 0 aromatic carbocycles. The van der Waals surface area contributed by atoms with Crippen molar-refractivity contribution >= 4 is 17.6 Å². The van der Waals surface area contributed by atoms with Gasteiger partial charge < -0.3 is 9.15 Å². The van der Waals surface area contributed by atoms with Gasteiger partial charge >= 0.3 is 5.97 Å². The first-order valence-electron chi connectivity index (χ1n) is 4.47. The molecule has 0 bridgehead atoms. The van der Waals surface area contributed by atoms with Crippen molar-refractivity contribution in [3.05, 3.63) is 23.2 Å². The Hall–Kier alpha value is -0.960. The van der Waals surface area contributed by atoms with Crippen LogP contribution in [0.3, 0.4) is 0 Å². The minimum atomic E-state index is -0.364. The van der Waals surface area contributed by atoms with Crippen molar-refractivity contribution in [2.75, 3.05) is 6.61 Å². The minimum absolute atomic E-state index is 0.239. The van der Waals surface area contributed by atoms with Crippen molar-refractivity contribution in [2.24, 2.45) is 0 Å². The summed E-state index contributed by atoms with van der Waals surface area (Å²) in [6.45, 7) is 5.62. The van der Waals surface area contributed by atoms with E-state index in [0.29, 0.717) is 23.7 Å². The summed E-state index contributed by atoms with van der Waals surface area (Å²) in [6.07, 6.45) is 0. The number of furan rings is 1. The first-order valence-corrected chi connectivity index (χ1v) is 4.91. The molecule has 3 nitrogen and oxygen atoms in total. The first-order chi connectivity index (χ1) is 6.56. The van der Waals surface area contributed by atoms with Gasteiger partial charge in [-0.15, -0.1) is 11.6 Å². The Bertz CT molecular complexity index is 328. The molecule has 0 N–H and O–H groups in total. The van der Waals surface area contributed by atoms with Crippen LogP contribution in [0.1, 0.15) is 41.1 Å². The van der Waals surface area contributed by atoms with E-state index in [1.165, 1.54) is 0 Å². The molecule has 0 fully saturated rings. The molecule has 1 atom stereocenters. The van der Waals surface area contributed by atoms with Crippen molar-refractivity contribution in [3.8, 4) is 0 Å². The van der Waals surface area contributed by atoms with Gasteiger partial charge in [0.15, 0.2) is 0 Å². The molecule has 0 aliphatic heterocycles. The maximum atomic E-state index is 11.4. The van der Waals surface area contributed by atoms with Gasteiger partial charge in [0.1, 0.15) is 17.1 Å². The third-order valence-electron chi connectivity index (χ3n) is 1.82. The Morgan fingerprint density at radius 3 is 2.79 bits per heavy atom. The largest absolute Gasteiger partial charge is 0.464 e. The predicted molar refractivity (Wildman–Crippen MR) is 53.7 cm³/mol. The molecule has 1 heterocycles. The summed E-state index contributed by atoms with van der Waals surface area (Å²) >= 11 is 5.82. The lowest BCUT2D eigenvalue weighted by Gasteiger charge is -1.97. The van der Waals surface area contributed by atoms with Gasteiger partial charge in [-0.05, 0) is 26.8 Å².